The summed E-state index contributed by atoms with van der Waals surface area (Å²) in [7, 11) is 0. The maximum Gasteiger partial charge on any atom is 0.162 e. The largest absolute Gasteiger partial charge is 0.507 e. The maximum atomic E-state index is 9.81. The van der Waals surface area contributed by atoms with Crippen LogP contribution in [0.3, 0.4) is 0 Å². The number of aromatic hydroxyl groups is 1. The third-order valence-corrected chi connectivity index (χ3v) is 2.84. The van der Waals surface area contributed by atoms with Crippen LogP contribution in [-0.2, 0) is 0 Å². The van der Waals surface area contributed by atoms with E-state index in [0.717, 1.165) is 10.0 Å². The van der Waals surface area contributed by atoms with Crippen molar-refractivity contribution < 1.29 is 5.11 Å². The molecule has 17 heavy (non-hydrogen) atoms. The van der Waals surface area contributed by atoms with Gasteiger partial charge in [0.05, 0.1) is 5.69 Å². The van der Waals surface area contributed by atoms with Gasteiger partial charge in [-0.25, -0.2) is 5.84 Å². The number of hydrogen-bond acceptors (Lipinski definition) is 5. The third-order valence-electron chi connectivity index (χ3n) is 2.35. The minimum absolute atomic E-state index is 0.166. The molecule has 0 aliphatic carbocycles. The van der Waals surface area contributed by atoms with E-state index in [2.05, 4.69) is 31.6 Å². The van der Waals surface area contributed by atoms with Gasteiger partial charge in [-0.15, -0.1) is 10.2 Å². The summed E-state index contributed by atoms with van der Waals surface area (Å²) in [6, 6.07) is 6.93. The number of phenols is 1. The highest BCUT2D eigenvalue weighted by molar-refractivity contribution is 9.10. The van der Waals surface area contributed by atoms with Crippen molar-refractivity contribution in [2.45, 2.75) is 6.92 Å². The molecule has 2 aromatic rings. The Bertz CT molecular complexity index is 559. The quantitative estimate of drug-likeness (QED) is 0.584. The zero-order chi connectivity index (χ0) is 12.4. The third kappa shape index (κ3) is 2.37. The number of anilines is 1. The molecule has 0 saturated heterocycles. The van der Waals surface area contributed by atoms with Crippen LogP contribution in [0.4, 0.5) is 5.82 Å². The Morgan fingerprint density at radius 1 is 1.29 bits per heavy atom. The van der Waals surface area contributed by atoms with Gasteiger partial charge in [0, 0.05) is 10.0 Å². The fraction of sp³-hybridized carbons (Fsp3) is 0.0909. The maximum absolute atomic E-state index is 9.81. The van der Waals surface area contributed by atoms with Crippen LogP contribution >= 0.6 is 15.9 Å². The molecule has 5 nitrogen and oxygen atoms in total. The van der Waals surface area contributed by atoms with Gasteiger partial charge in [-0.2, -0.15) is 0 Å². The van der Waals surface area contributed by atoms with Crippen LogP contribution in [0, 0.1) is 6.92 Å². The molecule has 6 heteroatoms. The normalized spacial score (nSPS) is 10.3. The van der Waals surface area contributed by atoms with E-state index in [4.69, 9.17) is 5.84 Å². The topological polar surface area (TPSA) is 84.1 Å². The average Bonchev–Trinajstić information content (AvgIpc) is 2.32. The fourth-order valence-corrected chi connectivity index (χ4v) is 1.88. The summed E-state index contributed by atoms with van der Waals surface area (Å²) < 4.78 is 0.868. The molecule has 2 rings (SSSR count). The van der Waals surface area contributed by atoms with Crippen LogP contribution < -0.4 is 11.3 Å². The number of nitrogens with zero attached hydrogens (tertiary/aromatic N) is 2. The Morgan fingerprint density at radius 2 is 2.06 bits per heavy atom. The standard InChI is InChI=1S/C11H11BrN4O/c1-6-4-10(14-13)15-16-11(6)8-5-7(12)2-3-9(8)17/h2-5,17H,13H2,1H3,(H,14,15). The van der Waals surface area contributed by atoms with Crippen molar-refractivity contribution in [2.75, 3.05) is 5.43 Å². The zero-order valence-corrected chi connectivity index (χ0v) is 10.7. The van der Waals surface area contributed by atoms with Crippen LogP contribution in [0.5, 0.6) is 5.75 Å². The molecular formula is C11H11BrN4O. The molecule has 0 fully saturated rings. The molecule has 0 saturated carbocycles. The summed E-state index contributed by atoms with van der Waals surface area (Å²) in [6.07, 6.45) is 0. The predicted molar refractivity (Wildman–Crippen MR) is 69.4 cm³/mol. The first-order valence-electron chi connectivity index (χ1n) is 4.91. The van der Waals surface area contributed by atoms with Crippen LogP contribution in [0.1, 0.15) is 5.56 Å². The monoisotopic (exact) mass is 294 g/mol. The molecule has 1 heterocycles. The summed E-state index contributed by atoms with van der Waals surface area (Å²) in [4.78, 5) is 0. The molecule has 0 amide bonds. The van der Waals surface area contributed by atoms with Gasteiger partial charge in [0.2, 0.25) is 0 Å². The lowest BCUT2D eigenvalue weighted by Crippen LogP contribution is -2.09. The van der Waals surface area contributed by atoms with Gasteiger partial charge in [0.1, 0.15) is 5.75 Å². The number of benzene rings is 1. The molecule has 0 radical (unpaired) electrons. The number of nitrogen functional groups attached to an aromatic ring is 1. The number of rotatable bonds is 2. The number of halogens is 1. The van der Waals surface area contributed by atoms with E-state index in [1.165, 1.54) is 0 Å². The first-order chi connectivity index (χ1) is 8.11. The van der Waals surface area contributed by atoms with Crippen molar-refractivity contribution in [3.8, 4) is 17.0 Å². The molecular weight excluding hydrogens is 284 g/mol. The molecule has 0 unspecified atom stereocenters. The number of hydrogen-bond donors (Lipinski definition) is 3. The van der Waals surface area contributed by atoms with Crippen molar-refractivity contribution in [3.63, 3.8) is 0 Å². The Morgan fingerprint density at radius 3 is 2.71 bits per heavy atom. The summed E-state index contributed by atoms with van der Waals surface area (Å²) >= 11 is 3.35. The lowest BCUT2D eigenvalue weighted by atomic mass is 10.1. The van der Waals surface area contributed by atoms with Gasteiger partial charge >= 0.3 is 0 Å². The number of phenolic OH excluding ortho intramolecular Hbond substituents is 1. The van der Waals surface area contributed by atoms with E-state index in [1.54, 1.807) is 24.3 Å². The van der Waals surface area contributed by atoms with Crippen molar-refractivity contribution >= 4 is 21.7 Å². The smallest absolute Gasteiger partial charge is 0.162 e. The fourth-order valence-electron chi connectivity index (χ4n) is 1.52. The molecule has 4 N–H and O–H groups in total. The number of hydrazine groups is 1. The minimum atomic E-state index is 0.166. The first-order valence-corrected chi connectivity index (χ1v) is 5.71. The van der Waals surface area contributed by atoms with Crippen LogP contribution in [-0.4, -0.2) is 15.3 Å². The highest BCUT2D eigenvalue weighted by Crippen LogP contribution is 2.32. The first kappa shape index (κ1) is 11.8. The molecule has 1 aromatic carbocycles. The second kappa shape index (κ2) is 4.68. The molecule has 0 aliphatic rings. The number of aromatic nitrogens is 2. The van der Waals surface area contributed by atoms with Crippen molar-refractivity contribution in [1.29, 1.82) is 0 Å². The van der Waals surface area contributed by atoms with E-state index in [0.29, 0.717) is 17.1 Å². The summed E-state index contributed by atoms with van der Waals surface area (Å²) in [5.41, 5.74) is 4.56. The summed E-state index contributed by atoms with van der Waals surface area (Å²) in [5, 5.41) is 17.8. The van der Waals surface area contributed by atoms with Gasteiger partial charge in [0.15, 0.2) is 5.82 Å². The lowest BCUT2D eigenvalue weighted by Gasteiger charge is -2.08. The number of aryl methyl sites for hydroxylation is 1. The molecule has 1 aromatic heterocycles. The molecule has 0 bridgehead atoms. The summed E-state index contributed by atoms with van der Waals surface area (Å²) in [6.45, 7) is 1.88. The van der Waals surface area contributed by atoms with Crippen molar-refractivity contribution in [1.82, 2.24) is 10.2 Å². The van der Waals surface area contributed by atoms with Crippen molar-refractivity contribution in [2.24, 2.45) is 5.84 Å². The Hall–Kier alpha value is -1.66. The van der Waals surface area contributed by atoms with Gasteiger partial charge in [-0.05, 0) is 36.8 Å². The van der Waals surface area contributed by atoms with Crippen molar-refractivity contribution in [3.05, 3.63) is 34.3 Å². The van der Waals surface area contributed by atoms with Gasteiger partial charge < -0.3 is 10.5 Å². The molecule has 88 valence electrons. The Kier molecular flexibility index (Phi) is 3.26. The van der Waals surface area contributed by atoms with Gasteiger partial charge in [-0.3, -0.25) is 0 Å². The minimum Gasteiger partial charge on any atom is -0.507 e. The SMILES string of the molecule is Cc1cc(NN)nnc1-c1cc(Br)ccc1O. The van der Waals surface area contributed by atoms with E-state index < -0.39 is 0 Å². The molecule has 0 atom stereocenters. The second-order valence-corrected chi connectivity index (χ2v) is 4.48. The predicted octanol–water partition coefficient (Wildman–Crippen LogP) is 2.21. The number of nitrogens with one attached hydrogen (secondary N) is 1. The van der Waals surface area contributed by atoms with E-state index in [9.17, 15) is 5.11 Å². The van der Waals surface area contributed by atoms with E-state index in [1.807, 2.05) is 6.92 Å². The zero-order valence-electron chi connectivity index (χ0n) is 9.11. The second-order valence-electron chi connectivity index (χ2n) is 3.57. The van der Waals surface area contributed by atoms with Crippen LogP contribution in [0.15, 0.2) is 28.7 Å². The Balaban J connectivity index is 2.56. The van der Waals surface area contributed by atoms with E-state index >= 15 is 0 Å². The Labute approximate surface area is 107 Å². The van der Waals surface area contributed by atoms with Crippen LogP contribution in [0.2, 0.25) is 0 Å². The summed E-state index contributed by atoms with van der Waals surface area (Å²) in [5.74, 6) is 5.90. The highest BCUT2D eigenvalue weighted by Gasteiger charge is 2.10. The number of nitrogens with two attached hydrogens (primary N) is 1. The van der Waals surface area contributed by atoms with Crippen LogP contribution in [0.25, 0.3) is 11.3 Å². The van der Waals surface area contributed by atoms with Gasteiger partial charge in [-0.1, -0.05) is 15.9 Å². The molecule has 0 spiro atoms. The highest BCUT2D eigenvalue weighted by atomic mass is 79.9. The van der Waals surface area contributed by atoms with E-state index in [-0.39, 0.29) is 5.75 Å². The lowest BCUT2D eigenvalue weighted by molar-refractivity contribution is 0.477. The molecule has 0 aliphatic heterocycles. The van der Waals surface area contributed by atoms with Gasteiger partial charge in [0.25, 0.3) is 0 Å². The average molecular weight is 295 g/mol.